The van der Waals surface area contributed by atoms with E-state index in [-0.39, 0.29) is 29.7 Å². The molecule has 0 aromatic carbocycles. The molecule has 1 atom stereocenters. The summed E-state index contributed by atoms with van der Waals surface area (Å²) in [7, 11) is 0. The van der Waals surface area contributed by atoms with Crippen LogP contribution in [0.5, 0.6) is 0 Å². The summed E-state index contributed by atoms with van der Waals surface area (Å²) in [6.45, 7) is 4.07. The van der Waals surface area contributed by atoms with E-state index < -0.39 is 0 Å². The van der Waals surface area contributed by atoms with Gasteiger partial charge in [-0.15, -0.1) is 0 Å². The van der Waals surface area contributed by atoms with Gasteiger partial charge in [0.25, 0.3) is 0 Å². The van der Waals surface area contributed by atoms with Crippen LogP contribution in [0.1, 0.15) is 38.2 Å². The highest BCUT2D eigenvalue weighted by Gasteiger charge is 2.42. The van der Waals surface area contributed by atoms with Gasteiger partial charge in [-0.05, 0) is 30.9 Å². The lowest BCUT2D eigenvalue weighted by atomic mass is 9.73. The summed E-state index contributed by atoms with van der Waals surface area (Å²) < 4.78 is 0. The largest absolute Gasteiger partial charge is 0.347 e. The molecule has 7 nitrogen and oxygen atoms in total. The first-order valence-electron chi connectivity index (χ1n) is 9.16. The zero-order valence-corrected chi connectivity index (χ0v) is 15.2. The second kappa shape index (κ2) is 7.85. The Hall–Kier alpha value is -2.44. The quantitative estimate of drug-likeness (QED) is 0.869. The molecule has 0 aliphatic carbocycles. The Morgan fingerprint density at radius 2 is 2.15 bits per heavy atom. The number of likely N-dealkylation sites (tertiary alicyclic amines) is 2. The molecule has 0 saturated carbocycles. The number of nitrogens with zero attached hydrogens (tertiary/aromatic N) is 3. The zero-order chi connectivity index (χ0) is 18.6. The van der Waals surface area contributed by atoms with Crippen LogP contribution in [0.3, 0.4) is 0 Å². The Morgan fingerprint density at radius 1 is 1.31 bits per heavy atom. The summed E-state index contributed by atoms with van der Waals surface area (Å²) in [6.07, 6.45) is 6.81. The monoisotopic (exact) mass is 358 g/mol. The molecule has 1 aromatic heterocycles. The molecule has 2 aliphatic heterocycles. The number of aromatic nitrogens is 1. The Balaban J connectivity index is 1.65. The normalized spacial score (nSPS) is 23.2. The standard InChI is InChI=1S/C19H26N4O3/c1-15(24)21-11-18(26)22-9-3-6-19(13-22)7-5-17(25)23(14-19)12-16-4-2-8-20-10-16/h2,4,8,10H,3,5-7,9,11-14H2,1H3,(H,21,24). The number of carbonyl (C=O) groups excluding carboxylic acids is 3. The van der Waals surface area contributed by atoms with Crippen molar-refractivity contribution in [2.75, 3.05) is 26.2 Å². The summed E-state index contributed by atoms with van der Waals surface area (Å²) in [6, 6.07) is 3.86. The van der Waals surface area contributed by atoms with E-state index in [1.165, 1.54) is 6.92 Å². The van der Waals surface area contributed by atoms with Crippen molar-refractivity contribution in [3.05, 3.63) is 30.1 Å². The highest BCUT2D eigenvalue weighted by atomic mass is 16.2. The molecule has 3 heterocycles. The third kappa shape index (κ3) is 4.39. The number of hydrogen-bond donors (Lipinski definition) is 1. The summed E-state index contributed by atoms with van der Waals surface area (Å²) in [5.41, 5.74) is 0.979. The fourth-order valence-corrected chi connectivity index (χ4v) is 4.02. The number of carbonyl (C=O) groups is 3. The molecule has 0 radical (unpaired) electrons. The molecule has 140 valence electrons. The zero-order valence-electron chi connectivity index (χ0n) is 15.2. The lowest BCUT2D eigenvalue weighted by molar-refractivity contribution is -0.143. The van der Waals surface area contributed by atoms with Crippen LogP contribution in [0.4, 0.5) is 0 Å². The molecule has 2 saturated heterocycles. The van der Waals surface area contributed by atoms with Crippen molar-refractivity contribution in [2.45, 2.75) is 39.2 Å². The lowest BCUT2D eigenvalue weighted by Crippen LogP contribution is -2.55. The topological polar surface area (TPSA) is 82.6 Å². The minimum Gasteiger partial charge on any atom is -0.347 e. The first kappa shape index (κ1) is 18.4. The minimum atomic E-state index is -0.198. The third-order valence-electron chi connectivity index (χ3n) is 5.35. The van der Waals surface area contributed by atoms with E-state index in [0.717, 1.165) is 31.4 Å². The molecule has 3 rings (SSSR count). The van der Waals surface area contributed by atoms with Gasteiger partial charge in [0.2, 0.25) is 17.7 Å². The van der Waals surface area contributed by atoms with Crippen LogP contribution in [-0.4, -0.2) is 58.7 Å². The number of amides is 3. The highest BCUT2D eigenvalue weighted by Crippen LogP contribution is 2.39. The molecule has 0 bridgehead atoms. The Bertz CT molecular complexity index is 679. The van der Waals surface area contributed by atoms with Crippen molar-refractivity contribution in [1.29, 1.82) is 0 Å². The van der Waals surface area contributed by atoms with Gasteiger partial charge in [0.05, 0.1) is 6.54 Å². The van der Waals surface area contributed by atoms with Crippen LogP contribution in [0.15, 0.2) is 24.5 Å². The van der Waals surface area contributed by atoms with Crippen LogP contribution in [-0.2, 0) is 20.9 Å². The third-order valence-corrected chi connectivity index (χ3v) is 5.35. The summed E-state index contributed by atoms with van der Waals surface area (Å²) in [4.78, 5) is 43.7. The molecule has 3 amide bonds. The Labute approximate surface area is 153 Å². The van der Waals surface area contributed by atoms with Crippen LogP contribution < -0.4 is 5.32 Å². The minimum absolute atomic E-state index is 0.0414. The van der Waals surface area contributed by atoms with Gasteiger partial charge in [0.15, 0.2) is 0 Å². The van der Waals surface area contributed by atoms with Crippen LogP contribution >= 0.6 is 0 Å². The summed E-state index contributed by atoms with van der Waals surface area (Å²) in [5, 5.41) is 2.58. The van der Waals surface area contributed by atoms with Gasteiger partial charge in [-0.25, -0.2) is 0 Å². The molecule has 1 spiro atoms. The average molecular weight is 358 g/mol. The molecule has 1 aromatic rings. The smallest absolute Gasteiger partial charge is 0.241 e. The van der Waals surface area contributed by atoms with Crippen LogP contribution in [0.2, 0.25) is 0 Å². The van der Waals surface area contributed by atoms with Gasteiger partial charge in [0, 0.05) is 57.3 Å². The Morgan fingerprint density at radius 3 is 2.88 bits per heavy atom. The first-order valence-corrected chi connectivity index (χ1v) is 9.16. The number of nitrogens with one attached hydrogen (secondary N) is 1. The van der Waals surface area contributed by atoms with Crippen molar-refractivity contribution in [1.82, 2.24) is 20.1 Å². The molecule has 7 heteroatoms. The number of hydrogen-bond acceptors (Lipinski definition) is 4. The number of pyridine rings is 1. The van der Waals surface area contributed by atoms with E-state index in [9.17, 15) is 14.4 Å². The number of piperidine rings is 2. The summed E-state index contributed by atoms with van der Waals surface area (Å²) in [5.74, 6) is -0.0767. The lowest BCUT2D eigenvalue weighted by Gasteiger charge is -2.48. The van der Waals surface area contributed by atoms with Crippen LogP contribution in [0.25, 0.3) is 0 Å². The van der Waals surface area contributed by atoms with E-state index in [1.807, 2.05) is 21.9 Å². The van der Waals surface area contributed by atoms with Crippen molar-refractivity contribution in [2.24, 2.45) is 5.41 Å². The molecule has 26 heavy (non-hydrogen) atoms. The maximum absolute atomic E-state index is 12.4. The molecule has 1 N–H and O–H groups in total. The average Bonchev–Trinajstić information content (AvgIpc) is 2.64. The van der Waals surface area contributed by atoms with Crippen molar-refractivity contribution < 1.29 is 14.4 Å². The van der Waals surface area contributed by atoms with E-state index in [0.29, 0.717) is 26.1 Å². The first-order chi connectivity index (χ1) is 12.5. The van der Waals surface area contributed by atoms with Gasteiger partial charge in [-0.2, -0.15) is 0 Å². The highest BCUT2D eigenvalue weighted by molar-refractivity contribution is 5.84. The van der Waals surface area contributed by atoms with Gasteiger partial charge in [-0.3, -0.25) is 19.4 Å². The van der Waals surface area contributed by atoms with E-state index >= 15 is 0 Å². The van der Waals surface area contributed by atoms with E-state index in [1.54, 1.807) is 12.4 Å². The SMILES string of the molecule is CC(=O)NCC(=O)N1CCCC2(CCC(=O)N(Cc3cccnc3)C2)C1. The van der Waals surface area contributed by atoms with Gasteiger partial charge >= 0.3 is 0 Å². The van der Waals surface area contributed by atoms with E-state index in [2.05, 4.69) is 10.3 Å². The fraction of sp³-hybridized carbons (Fsp3) is 0.579. The second-order valence-electron chi connectivity index (χ2n) is 7.44. The van der Waals surface area contributed by atoms with Crippen molar-refractivity contribution in [3.63, 3.8) is 0 Å². The van der Waals surface area contributed by atoms with Crippen LogP contribution in [0, 0.1) is 5.41 Å². The van der Waals surface area contributed by atoms with Crippen molar-refractivity contribution in [3.8, 4) is 0 Å². The van der Waals surface area contributed by atoms with Gasteiger partial charge in [0.1, 0.15) is 0 Å². The van der Waals surface area contributed by atoms with Crippen molar-refractivity contribution >= 4 is 17.7 Å². The summed E-state index contributed by atoms with van der Waals surface area (Å²) >= 11 is 0. The molecule has 2 aliphatic rings. The molecule has 2 fully saturated rings. The second-order valence-corrected chi connectivity index (χ2v) is 7.44. The molecule has 1 unspecified atom stereocenters. The predicted molar refractivity (Wildman–Crippen MR) is 95.8 cm³/mol. The molecular formula is C19H26N4O3. The fourth-order valence-electron chi connectivity index (χ4n) is 4.02. The number of rotatable bonds is 4. The van der Waals surface area contributed by atoms with Gasteiger partial charge < -0.3 is 15.1 Å². The van der Waals surface area contributed by atoms with Gasteiger partial charge in [-0.1, -0.05) is 6.07 Å². The maximum Gasteiger partial charge on any atom is 0.241 e. The Kier molecular flexibility index (Phi) is 5.54. The molecular weight excluding hydrogens is 332 g/mol. The predicted octanol–water partition coefficient (Wildman–Crippen LogP) is 0.949. The maximum atomic E-state index is 12.4. The van der Waals surface area contributed by atoms with E-state index in [4.69, 9.17) is 0 Å².